The van der Waals surface area contributed by atoms with Gasteiger partial charge in [-0.1, -0.05) is 0 Å². The zero-order chi connectivity index (χ0) is 15.6. The van der Waals surface area contributed by atoms with Crippen LogP contribution in [0.15, 0.2) is 12.3 Å². The fourth-order valence-corrected chi connectivity index (χ4v) is 1.65. The number of hydrogen-bond acceptors (Lipinski definition) is 5. The van der Waals surface area contributed by atoms with Gasteiger partial charge in [-0.2, -0.15) is 0 Å². The lowest BCUT2D eigenvalue weighted by atomic mass is 10.2. The molecule has 1 aromatic heterocycles. The summed E-state index contributed by atoms with van der Waals surface area (Å²) in [6.45, 7) is 2.87. The maximum atomic E-state index is 13.9. The highest BCUT2D eigenvalue weighted by Gasteiger charge is 2.31. The van der Waals surface area contributed by atoms with Crippen molar-refractivity contribution in [1.82, 2.24) is 10.3 Å². The first-order chi connectivity index (χ1) is 9.10. The second kappa shape index (κ2) is 5.74. The number of anilines is 1. The van der Waals surface area contributed by atoms with Crippen molar-refractivity contribution in [3.8, 4) is 0 Å². The maximum Gasteiger partial charge on any atom is 0.254 e. The number of carbonyl (C=O) groups is 1. The lowest BCUT2D eigenvalue weighted by Gasteiger charge is -2.22. The van der Waals surface area contributed by atoms with E-state index in [0.717, 1.165) is 6.26 Å². The smallest absolute Gasteiger partial charge is 0.254 e. The van der Waals surface area contributed by atoms with Crippen LogP contribution in [0, 0.1) is 5.82 Å². The quantitative estimate of drug-likeness (QED) is 0.840. The molecule has 8 heteroatoms. The number of hydrogen-bond donors (Lipinski definition) is 2. The van der Waals surface area contributed by atoms with Gasteiger partial charge in [0.25, 0.3) is 5.91 Å². The first-order valence-corrected chi connectivity index (χ1v) is 7.79. The molecule has 6 nitrogen and oxygen atoms in total. The van der Waals surface area contributed by atoms with Crippen LogP contribution in [0.5, 0.6) is 0 Å². The van der Waals surface area contributed by atoms with Crippen LogP contribution in [0.25, 0.3) is 0 Å². The van der Waals surface area contributed by atoms with E-state index in [1.165, 1.54) is 33.2 Å². The Bertz CT molecular complexity index is 614. The van der Waals surface area contributed by atoms with Crippen molar-refractivity contribution >= 4 is 21.6 Å². The van der Waals surface area contributed by atoms with Crippen molar-refractivity contribution in [3.63, 3.8) is 0 Å². The second-order valence-corrected chi connectivity index (χ2v) is 7.64. The number of nitrogens with zero attached hydrogens (tertiary/aromatic N) is 1. The largest absolute Gasteiger partial charge is 0.371 e. The van der Waals surface area contributed by atoms with Gasteiger partial charge >= 0.3 is 0 Å². The number of carbonyl (C=O) groups excluding carboxylic acids is 1. The third-order valence-corrected chi connectivity index (χ3v) is 5.20. The molecule has 1 heterocycles. The van der Waals surface area contributed by atoms with Gasteiger partial charge in [0.2, 0.25) is 0 Å². The van der Waals surface area contributed by atoms with Crippen molar-refractivity contribution in [2.24, 2.45) is 0 Å². The standard InChI is InChI=1S/C12H18FN3O3S/c1-12(2,20(4,18)19)7-16-11(17)8-5-6-15-10(14-3)9(8)13/h5-6H,7H2,1-4H3,(H,14,15)(H,16,17). The van der Waals surface area contributed by atoms with E-state index in [1.807, 2.05) is 0 Å². The first-order valence-electron chi connectivity index (χ1n) is 5.90. The first kappa shape index (κ1) is 16.4. The summed E-state index contributed by atoms with van der Waals surface area (Å²) in [7, 11) is -1.85. The molecule has 2 N–H and O–H groups in total. The predicted molar refractivity (Wildman–Crippen MR) is 75.0 cm³/mol. The Balaban J connectivity index is 2.89. The van der Waals surface area contributed by atoms with Crippen LogP contribution in [0.3, 0.4) is 0 Å². The van der Waals surface area contributed by atoms with Crippen LogP contribution in [0.2, 0.25) is 0 Å². The lowest BCUT2D eigenvalue weighted by molar-refractivity contribution is 0.0946. The van der Waals surface area contributed by atoms with E-state index < -0.39 is 26.3 Å². The van der Waals surface area contributed by atoms with E-state index in [4.69, 9.17) is 0 Å². The summed E-state index contributed by atoms with van der Waals surface area (Å²) in [5.74, 6) is -1.50. The number of nitrogens with one attached hydrogen (secondary N) is 2. The maximum absolute atomic E-state index is 13.9. The number of amides is 1. The molecule has 1 amide bonds. The van der Waals surface area contributed by atoms with E-state index in [1.54, 1.807) is 0 Å². The van der Waals surface area contributed by atoms with E-state index in [9.17, 15) is 17.6 Å². The molecule has 112 valence electrons. The number of aromatic nitrogens is 1. The summed E-state index contributed by atoms with van der Waals surface area (Å²) < 4.78 is 35.8. The van der Waals surface area contributed by atoms with Gasteiger partial charge in [-0.25, -0.2) is 17.8 Å². The average Bonchev–Trinajstić information content (AvgIpc) is 2.35. The summed E-state index contributed by atoms with van der Waals surface area (Å²) >= 11 is 0. The molecule has 1 aromatic rings. The molecule has 0 spiro atoms. The fourth-order valence-electron chi connectivity index (χ4n) is 1.31. The summed E-state index contributed by atoms with van der Waals surface area (Å²) in [4.78, 5) is 15.6. The van der Waals surface area contributed by atoms with Gasteiger partial charge < -0.3 is 10.6 Å². The Morgan fingerprint density at radius 3 is 2.55 bits per heavy atom. The van der Waals surface area contributed by atoms with Crippen molar-refractivity contribution < 1.29 is 17.6 Å². The Kier molecular flexibility index (Phi) is 4.69. The van der Waals surface area contributed by atoms with Crippen molar-refractivity contribution in [3.05, 3.63) is 23.6 Å². The van der Waals surface area contributed by atoms with Gasteiger partial charge in [0.1, 0.15) is 0 Å². The fraction of sp³-hybridized carbons (Fsp3) is 0.500. The zero-order valence-corrected chi connectivity index (χ0v) is 12.6. The van der Waals surface area contributed by atoms with Gasteiger partial charge in [-0.3, -0.25) is 4.79 Å². The average molecular weight is 303 g/mol. The number of pyridine rings is 1. The molecule has 0 fully saturated rings. The molecule has 0 bridgehead atoms. The molecule has 0 aliphatic rings. The normalized spacial score (nSPS) is 12.1. The third-order valence-electron chi connectivity index (χ3n) is 3.05. The van der Waals surface area contributed by atoms with Crippen LogP contribution >= 0.6 is 0 Å². The van der Waals surface area contributed by atoms with E-state index >= 15 is 0 Å². The van der Waals surface area contributed by atoms with Crippen LogP contribution in [0.4, 0.5) is 10.2 Å². The number of rotatable bonds is 5. The van der Waals surface area contributed by atoms with Crippen molar-refractivity contribution in [2.75, 3.05) is 25.2 Å². The van der Waals surface area contributed by atoms with Crippen LogP contribution in [0.1, 0.15) is 24.2 Å². The van der Waals surface area contributed by atoms with Crippen molar-refractivity contribution in [2.45, 2.75) is 18.6 Å². The SMILES string of the molecule is CNc1nccc(C(=O)NCC(C)(C)S(C)(=O)=O)c1F. The third kappa shape index (κ3) is 3.44. The number of sulfone groups is 1. The predicted octanol–water partition coefficient (Wildman–Crippen LogP) is 0.815. The molecule has 20 heavy (non-hydrogen) atoms. The highest BCUT2D eigenvalue weighted by atomic mass is 32.2. The molecular formula is C12H18FN3O3S. The lowest BCUT2D eigenvalue weighted by Crippen LogP contribution is -2.44. The Labute approximate surface area is 117 Å². The minimum Gasteiger partial charge on any atom is -0.371 e. The molecule has 0 saturated carbocycles. The van der Waals surface area contributed by atoms with Gasteiger partial charge in [0, 0.05) is 26.0 Å². The summed E-state index contributed by atoms with van der Waals surface area (Å²) in [5, 5.41) is 4.95. The topological polar surface area (TPSA) is 88.2 Å². The molecule has 0 atom stereocenters. The van der Waals surface area contributed by atoms with Crippen molar-refractivity contribution in [1.29, 1.82) is 0 Å². The van der Waals surface area contributed by atoms with Crippen LogP contribution < -0.4 is 10.6 Å². The summed E-state index contributed by atoms with van der Waals surface area (Å²) in [5.41, 5.74) is -0.186. The molecular weight excluding hydrogens is 285 g/mol. The Morgan fingerprint density at radius 1 is 1.45 bits per heavy atom. The minimum absolute atomic E-state index is 0.0416. The molecule has 0 aliphatic carbocycles. The minimum atomic E-state index is -3.34. The highest BCUT2D eigenvalue weighted by molar-refractivity contribution is 7.92. The molecule has 1 rings (SSSR count). The van der Waals surface area contributed by atoms with Gasteiger partial charge in [-0.05, 0) is 19.9 Å². The van der Waals surface area contributed by atoms with Crippen LogP contribution in [-0.2, 0) is 9.84 Å². The molecule has 0 aliphatic heterocycles. The molecule has 0 saturated heterocycles. The van der Waals surface area contributed by atoms with E-state index in [0.29, 0.717) is 0 Å². The summed E-state index contributed by atoms with van der Waals surface area (Å²) in [6, 6.07) is 1.24. The molecule has 0 radical (unpaired) electrons. The summed E-state index contributed by atoms with van der Waals surface area (Å²) in [6.07, 6.45) is 2.39. The molecule has 0 aromatic carbocycles. The Hall–Kier alpha value is -1.70. The van der Waals surface area contributed by atoms with Crippen LogP contribution in [-0.4, -0.2) is 43.9 Å². The zero-order valence-electron chi connectivity index (χ0n) is 11.8. The van der Waals surface area contributed by atoms with E-state index in [2.05, 4.69) is 15.6 Å². The van der Waals surface area contributed by atoms with E-state index in [-0.39, 0.29) is 17.9 Å². The molecule has 0 unspecified atom stereocenters. The van der Waals surface area contributed by atoms with Gasteiger partial charge in [0.05, 0.1) is 10.3 Å². The monoisotopic (exact) mass is 303 g/mol. The number of halogens is 1. The van der Waals surface area contributed by atoms with Gasteiger partial charge in [-0.15, -0.1) is 0 Å². The Morgan fingerprint density at radius 2 is 2.05 bits per heavy atom. The highest BCUT2D eigenvalue weighted by Crippen LogP contribution is 2.16. The second-order valence-electron chi connectivity index (χ2n) is 4.99. The van der Waals surface area contributed by atoms with Gasteiger partial charge in [0.15, 0.2) is 21.5 Å².